The summed E-state index contributed by atoms with van der Waals surface area (Å²) in [6.07, 6.45) is -16.3. The molecule has 0 aromatic heterocycles. The lowest BCUT2D eigenvalue weighted by Gasteiger charge is -2.18. The molecule has 0 aliphatic rings. The van der Waals surface area contributed by atoms with E-state index in [4.69, 9.17) is 0 Å². The second-order valence-corrected chi connectivity index (χ2v) is 3.31. The summed E-state index contributed by atoms with van der Waals surface area (Å²) in [5, 5.41) is 0. The zero-order valence-electron chi connectivity index (χ0n) is 7.06. The molecule has 0 N–H and O–H groups in total. The summed E-state index contributed by atoms with van der Waals surface area (Å²) >= 11 is 0. The molecule has 0 fully saturated rings. The number of hydrogen-bond donors (Lipinski definition) is 0. The maximum Gasteiger partial charge on any atom is 0.435 e. The van der Waals surface area contributed by atoms with Crippen LogP contribution >= 0.6 is 0 Å². The van der Waals surface area contributed by atoms with Gasteiger partial charge < -0.3 is 0 Å². The van der Waals surface area contributed by atoms with Crippen LogP contribution in [0.2, 0.25) is 0 Å². The Kier molecular flexibility index (Phi) is 4.47. The van der Waals surface area contributed by atoms with E-state index in [9.17, 15) is 43.7 Å². The van der Waals surface area contributed by atoms with Gasteiger partial charge in [0, 0.05) is 0 Å². The monoisotopic (exact) mass is 296 g/mol. The van der Waals surface area contributed by atoms with Crippen molar-refractivity contribution >= 4 is 10.4 Å². The molecule has 0 unspecified atom stereocenters. The first-order valence-electron chi connectivity index (χ1n) is 3.10. The van der Waals surface area contributed by atoms with Crippen LogP contribution in [0.4, 0.5) is 35.3 Å². The summed E-state index contributed by atoms with van der Waals surface area (Å²) in [5.41, 5.74) is -3.88. The van der Waals surface area contributed by atoms with Crippen LogP contribution < -0.4 is 0 Å². The van der Waals surface area contributed by atoms with Crippen LogP contribution in [-0.4, -0.2) is 20.7 Å². The summed E-state index contributed by atoms with van der Waals surface area (Å²) in [5.74, 6) is 0. The van der Waals surface area contributed by atoms with Crippen LogP contribution in [0.3, 0.4) is 0 Å². The quantitative estimate of drug-likeness (QED) is 0.748. The van der Waals surface area contributed by atoms with E-state index in [1.54, 1.807) is 4.39 Å². The van der Waals surface area contributed by atoms with Crippen LogP contribution in [0.1, 0.15) is 0 Å². The first kappa shape index (κ1) is 16.1. The molecule has 13 heteroatoms. The summed E-state index contributed by atoms with van der Waals surface area (Å²) in [7, 11) is -6.20. The van der Waals surface area contributed by atoms with Crippen LogP contribution in [0, 0.1) is 0 Å². The van der Waals surface area contributed by atoms with E-state index >= 15 is 0 Å². The van der Waals surface area contributed by atoms with E-state index < -0.39 is 34.3 Å². The molecule has 0 amide bonds. The van der Waals surface area contributed by atoms with E-state index in [1.165, 1.54) is 0 Å². The Morgan fingerprint density at radius 3 is 1.65 bits per heavy atom. The standard InChI is InChI=1S/C4F8O4S/c5-2(6)1(3(7,8)9)4(10,11)15-17(13,14)16-12. The maximum atomic E-state index is 12.4. The molecule has 17 heavy (non-hydrogen) atoms. The molecular formula is C4F8O4S. The number of halogens is 8. The Morgan fingerprint density at radius 2 is 1.41 bits per heavy atom. The highest BCUT2D eigenvalue weighted by molar-refractivity contribution is 7.81. The Balaban J connectivity index is 5.52. The Morgan fingerprint density at radius 1 is 1.00 bits per heavy atom. The predicted molar refractivity (Wildman–Crippen MR) is 32.4 cm³/mol. The van der Waals surface area contributed by atoms with Gasteiger partial charge in [0.1, 0.15) is 0 Å². The molecule has 0 aliphatic heterocycles. The third-order valence-corrected chi connectivity index (χ3v) is 1.62. The lowest BCUT2D eigenvalue weighted by molar-refractivity contribution is -0.208. The number of rotatable bonds is 4. The topological polar surface area (TPSA) is 52.6 Å². The molecule has 0 spiro atoms. The minimum atomic E-state index is -6.30. The maximum absolute atomic E-state index is 12.4. The SMILES string of the molecule is O=S(=O)(OF)OC(F)(F)C(=C(F)F)C(F)(F)F. The summed E-state index contributed by atoms with van der Waals surface area (Å²) < 4.78 is 118. The molecular weight excluding hydrogens is 296 g/mol. The average Bonchev–Trinajstić information content (AvgIpc) is 1.96. The summed E-state index contributed by atoms with van der Waals surface area (Å²) in [6, 6.07) is 0. The van der Waals surface area contributed by atoms with Gasteiger partial charge in [-0.1, -0.05) is 0 Å². The van der Waals surface area contributed by atoms with Gasteiger partial charge in [-0.05, 0) is 8.91 Å². The van der Waals surface area contributed by atoms with Crippen LogP contribution in [-0.2, 0) is 19.0 Å². The van der Waals surface area contributed by atoms with Gasteiger partial charge in [-0.25, -0.2) is 0 Å². The van der Waals surface area contributed by atoms with E-state index in [0.717, 1.165) is 0 Å². The fourth-order valence-electron chi connectivity index (χ4n) is 0.565. The summed E-state index contributed by atoms with van der Waals surface area (Å²) in [4.78, 5) is 0. The predicted octanol–water partition coefficient (Wildman–Crippen LogP) is 2.45. The minimum absolute atomic E-state index is 1.75. The van der Waals surface area contributed by atoms with Gasteiger partial charge >= 0.3 is 22.7 Å². The molecule has 4 nitrogen and oxygen atoms in total. The van der Waals surface area contributed by atoms with E-state index in [1.807, 2.05) is 0 Å². The number of alkyl halides is 5. The molecule has 0 atom stereocenters. The van der Waals surface area contributed by atoms with Crippen molar-refractivity contribution in [2.24, 2.45) is 0 Å². The van der Waals surface area contributed by atoms with Crippen LogP contribution in [0.15, 0.2) is 11.7 Å². The molecule has 0 heterocycles. The highest BCUT2D eigenvalue weighted by Gasteiger charge is 2.57. The molecule has 0 aliphatic carbocycles. The van der Waals surface area contributed by atoms with Gasteiger partial charge in [0.15, 0.2) is 5.57 Å². The van der Waals surface area contributed by atoms with Crippen molar-refractivity contribution in [3.05, 3.63) is 11.7 Å². The van der Waals surface area contributed by atoms with Crippen molar-refractivity contribution in [3.63, 3.8) is 0 Å². The van der Waals surface area contributed by atoms with Crippen LogP contribution in [0.5, 0.6) is 0 Å². The van der Waals surface area contributed by atoms with E-state index in [0.29, 0.717) is 0 Å². The Hall–Kier alpha value is -0.950. The third kappa shape index (κ3) is 4.43. The van der Waals surface area contributed by atoms with Crippen LogP contribution in [0.25, 0.3) is 0 Å². The van der Waals surface area contributed by atoms with E-state index in [-0.39, 0.29) is 0 Å². The molecule has 0 rings (SSSR count). The molecule has 0 radical (unpaired) electrons. The smallest absolute Gasteiger partial charge is 0.173 e. The number of hydrogen-bond acceptors (Lipinski definition) is 4. The molecule has 0 aromatic rings. The van der Waals surface area contributed by atoms with Crippen molar-refractivity contribution in [1.82, 2.24) is 0 Å². The highest BCUT2D eigenvalue weighted by Crippen LogP contribution is 2.42. The van der Waals surface area contributed by atoms with Crippen molar-refractivity contribution in [2.75, 3.05) is 0 Å². The minimum Gasteiger partial charge on any atom is -0.173 e. The second-order valence-electron chi connectivity index (χ2n) is 2.20. The lowest BCUT2D eigenvalue weighted by atomic mass is 10.2. The zero-order valence-corrected chi connectivity index (χ0v) is 7.88. The lowest BCUT2D eigenvalue weighted by Crippen LogP contribution is -2.35. The largest absolute Gasteiger partial charge is 0.435 e. The molecule has 0 saturated carbocycles. The first-order valence-corrected chi connectivity index (χ1v) is 4.43. The molecule has 0 saturated heterocycles. The fraction of sp³-hybridized carbons (Fsp3) is 0.500. The molecule has 0 aromatic carbocycles. The van der Waals surface area contributed by atoms with Crippen molar-refractivity contribution in [2.45, 2.75) is 12.3 Å². The highest BCUT2D eigenvalue weighted by atomic mass is 32.3. The van der Waals surface area contributed by atoms with Crippen molar-refractivity contribution in [1.29, 1.82) is 0 Å². The Bertz CT molecular complexity index is 404. The summed E-state index contributed by atoms with van der Waals surface area (Å²) in [6.45, 7) is 0. The van der Waals surface area contributed by atoms with E-state index in [2.05, 4.69) is 4.18 Å². The van der Waals surface area contributed by atoms with Gasteiger partial charge in [0.25, 0.3) is 6.08 Å². The molecule has 102 valence electrons. The van der Waals surface area contributed by atoms with Gasteiger partial charge in [-0.3, -0.25) is 0 Å². The third-order valence-electron chi connectivity index (χ3n) is 1.05. The second kappa shape index (κ2) is 4.73. The van der Waals surface area contributed by atoms with Gasteiger partial charge in [-0.15, -0.1) is 0 Å². The molecule has 0 bridgehead atoms. The fourth-order valence-corrected chi connectivity index (χ4v) is 0.930. The van der Waals surface area contributed by atoms with Crippen molar-refractivity contribution in [3.8, 4) is 0 Å². The normalized spacial score (nSPS) is 13.6. The Labute approximate surface area is 87.6 Å². The first-order chi connectivity index (χ1) is 7.33. The van der Waals surface area contributed by atoms with Gasteiger partial charge in [-0.2, -0.15) is 43.3 Å². The zero-order chi connectivity index (χ0) is 14.1. The average molecular weight is 296 g/mol. The van der Waals surface area contributed by atoms with Gasteiger partial charge in [0.2, 0.25) is 0 Å². The van der Waals surface area contributed by atoms with Crippen molar-refractivity contribution < 1.29 is 52.2 Å². The van der Waals surface area contributed by atoms with Gasteiger partial charge in [0.05, 0.1) is 0 Å².